The maximum Gasteiger partial charge on any atom is 0.338 e. The first-order valence-corrected chi connectivity index (χ1v) is 10.2. The monoisotopic (exact) mass is 428 g/mol. The van der Waals surface area contributed by atoms with Gasteiger partial charge in [-0.05, 0) is 44.2 Å². The van der Waals surface area contributed by atoms with Gasteiger partial charge in [0.05, 0.1) is 42.7 Å². The van der Waals surface area contributed by atoms with Crippen molar-refractivity contribution in [2.45, 2.75) is 20.3 Å². The molecule has 0 atom stereocenters. The molecule has 30 heavy (non-hydrogen) atoms. The summed E-state index contributed by atoms with van der Waals surface area (Å²) in [6.07, 6.45) is 1.58. The summed E-state index contributed by atoms with van der Waals surface area (Å²) in [6.45, 7) is 3.74. The number of aromatic nitrogens is 1. The van der Waals surface area contributed by atoms with Gasteiger partial charge in [-0.3, -0.25) is 4.79 Å². The summed E-state index contributed by atoms with van der Waals surface area (Å²) in [5.74, 6) is -0.904. The third-order valence-electron chi connectivity index (χ3n) is 3.86. The number of anilines is 1. The van der Waals surface area contributed by atoms with Crippen LogP contribution in [0.4, 0.5) is 5.69 Å². The van der Waals surface area contributed by atoms with Crippen molar-refractivity contribution in [1.82, 2.24) is 4.98 Å². The zero-order valence-corrected chi connectivity index (χ0v) is 17.3. The summed E-state index contributed by atoms with van der Waals surface area (Å²) in [5.41, 5.74) is 1.16. The molecule has 1 N–H and O–H groups in total. The molecule has 0 radical (unpaired) electrons. The first kappa shape index (κ1) is 21.3. The molecule has 0 bridgehead atoms. The van der Waals surface area contributed by atoms with Crippen molar-refractivity contribution in [3.8, 4) is 10.8 Å². The predicted molar refractivity (Wildman–Crippen MR) is 111 cm³/mol. The van der Waals surface area contributed by atoms with E-state index in [1.165, 1.54) is 29.5 Å². The molecule has 2 heterocycles. The number of hydrogen-bond acceptors (Lipinski definition) is 8. The molecule has 156 valence electrons. The highest BCUT2D eigenvalue weighted by Crippen LogP contribution is 2.24. The largest absolute Gasteiger partial charge is 0.462 e. The summed E-state index contributed by atoms with van der Waals surface area (Å²) in [5, 5.41) is 5.15. The third kappa shape index (κ3) is 5.32. The normalized spacial score (nSPS) is 10.5. The molecule has 1 amide bonds. The number of hydrogen-bond donors (Lipinski definition) is 1. The zero-order valence-electron chi connectivity index (χ0n) is 16.5. The first-order valence-electron chi connectivity index (χ1n) is 9.27. The lowest BCUT2D eigenvalue weighted by Crippen LogP contribution is -2.16. The van der Waals surface area contributed by atoms with E-state index in [0.29, 0.717) is 16.5 Å². The number of benzene rings is 1. The Morgan fingerprint density at radius 1 is 1.07 bits per heavy atom. The van der Waals surface area contributed by atoms with Crippen molar-refractivity contribution < 1.29 is 28.3 Å². The smallest absolute Gasteiger partial charge is 0.338 e. The molecule has 2 aromatic heterocycles. The van der Waals surface area contributed by atoms with Gasteiger partial charge in [-0.2, -0.15) is 0 Å². The topological polar surface area (TPSA) is 108 Å². The fourth-order valence-corrected chi connectivity index (χ4v) is 3.42. The van der Waals surface area contributed by atoms with E-state index in [1.807, 2.05) is 0 Å². The van der Waals surface area contributed by atoms with Crippen LogP contribution < -0.4 is 5.32 Å². The second kappa shape index (κ2) is 9.84. The van der Waals surface area contributed by atoms with Crippen LogP contribution in [0.5, 0.6) is 0 Å². The van der Waals surface area contributed by atoms with E-state index in [1.54, 1.807) is 37.6 Å². The number of ether oxygens (including phenoxy) is 2. The van der Waals surface area contributed by atoms with Crippen molar-refractivity contribution in [3.05, 3.63) is 58.8 Å². The van der Waals surface area contributed by atoms with Gasteiger partial charge in [0.25, 0.3) is 0 Å². The highest BCUT2D eigenvalue weighted by molar-refractivity contribution is 7.13. The van der Waals surface area contributed by atoms with Crippen molar-refractivity contribution >= 4 is 34.9 Å². The molecule has 0 saturated heterocycles. The lowest BCUT2D eigenvalue weighted by Gasteiger charge is -2.10. The van der Waals surface area contributed by atoms with Gasteiger partial charge in [0.15, 0.2) is 10.8 Å². The highest BCUT2D eigenvalue weighted by Gasteiger charge is 2.17. The molecule has 9 heteroatoms. The fourth-order valence-electron chi connectivity index (χ4n) is 2.64. The molecule has 0 saturated carbocycles. The average molecular weight is 428 g/mol. The molecule has 0 fully saturated rings. The second-order valence-electron chi connectivity index (χ2n) is 6.09. The summed E-state index contributed by atoms with van der Waals surface area (Å²) < 4.78 is 15.3. The van der Waals surface area contributed by atoms with Gasteiger partial charge in [0.2, 0.25) is 5.91 Å². The number of carbonyl (C=O) groups is 3. The molecule has 0 spiro atoms. The standard InChI is InChI=1S/C21H20N2O6S/c1-3-27-20(25)13-8-14(21(26)28-4-2)10-15(9-13)22-18(24)11-16-12-30-19(23-16)17-6-5-7-29-17/h5-10,12H,3-4,11H2,1-2H3,(H,22,24). The van der Waals surface area contributed by atoms with E-state index in [9.17, 15) is 14.4 Å². The van der Waals surface area contributed by atoms with E-state index in [0.717, 1.165) is 0 Å². The molecular formula is C21H20N2O6S. The van der Waals surface area contributed by atoms with Crippen molar-refractivity contribution in [2.75, 3.05) is 18.5 Å². The average Bonchev–Trinajstić information content (AvgIpc) is 3.40. The van der Waals surface area contributed by atoms with Gasteiger partial charge in [-0.15, -0.1) is 11.3 Å². The van der Waals surface area contributed by atoms with Gasteiger partial charge in [-0.1, -0.05) is 0 Å². The molecule has 8 nitrogen and oxygen atoms in total. The fraction of sp³-hybridized carbons (Fsp3) is 0.238. The number of esters is 2. The number of carbonyl (C=O) groups excluding carboxylic acids is 3. The van der Waals surface area contributed by atoms with Gasteiger partial charge in [0.1, 0.15) is 0 Å². The Balaban J connectivity index is 1.76. The number of nitrogens with zero attached hydrogens (tertiary/aromatic N) is 1. The molecule has 3 aromatic rings. The number of thiazole rings is 1. The van der Waals surface area contributed by atoms with E-state index in [4.69, 9.17) is 13.9 Å². The maximum atomic E-state index is 12.5. The minimum absolute atomic E-state index is 0.0234. The van der Waals surface area contributed by atoms with Crippen LogP contribution in [0.1, 0.15) is 40.3 Å². The maximum absolute atomic E-state index is 12.5. The Bertz CT molecular complexity index is 1010. The van der Waals surface area contributed by atoms with Crippen LogP contribution in [-0.4, -0.2) is 36.0 Å². The Kier molecular flexibility index (Phi) is 6.97. The minimum atomic E-state index is -0.596. The number of furan rings is 1. The van der Waals surface area contributed by atoms with E-state index >= 15 is 0 Å². The van der Waals surface area contributed by atoms with Crippen LogP contribution in [-0.2, 0) is 20.7 Å². The minimum Gasteiger partial charge on any atom is -0.462 e. The van der Waals surface area contributed by atoms with Gasteiger partial charge in [0, 0.05) is 11.1 Å². The molecular weight excluding hydrogens is 408 g/mol. The van der Waals surface area contributed by atoms with Gasteiger partial charge in [-0.25, -0.2) is 14.6 Å². The molecule has 1 aromatic carbocycles. The van der Waals surface area contributed by atoms with Crippen molar-refractivity contribution in [2.24, 2.45) is 0 Å². The molecule has 3 rings (SSSR count). The Labute approximate surface area is 176 Å². The van der Waals surface area contributed by atoms with Crippen LogP contribution in [0.2, 0.25) is 0 Å². The summed E-state index contributed by atoms with van der Waals surface area (Å²) >= 11 is 1.37. The van der Waals surface area contributed by atoms with Crippen LogP contribution >= 0.6 is 11.3 Å². The highest BCUT2D eigenvalue weighted by atomic mass is 32.1. The Morgan fingerprint density at radius 2 is 1.73 bits per heavy atom. The molecule has 0 aliphatic rings. The van der Waals surface area contributed by atoms with Gasteiger partial charge >= 0.3 is 11.9 Å². The number of nitrogens with one attached hydrogen (secondary N) is 1. The van der Waals surface area contributed by atoms with Crippen LogP contribution in [0.25, 0.3) is 10.8 Å². The molecule has 0 aliphatic heterocycles. The summed E-state index contributed by atoms with van der Waals surface area (Å²) in [6, 6.07) is 7.84. The van der Waals surface area contributed by atoms with Gasteiger partial charge < -0.3 is 19.2 Å². The van der Waals surface area contributed by atoms with E-state index in [-0.39, 0.29) is 42.4 Å². The number of rotatable bonds is 8. The SMILES string of the molecule is CCOC(=O)c1cc(NC(=O)Cc2csc(-c3ccco3)n2)cc(C(=O)OCC)c1. The van der Waals surface area contributed by atoms with Crippen molar-refractivity contribution in [3.63, 3.8) is 0 Å². The molecule has 0 unspecified atom stereocenters. The third-order valence-corrected chi connectivity index (χ3v) is 4.77. The Morgan fingerprint density at radius 3 is 2.30 bits per heavy atom. The summed E-state index contributed by atoms with van der Waals surface area (Å²) in [7, 11) is 0. The lowest BCUT2D eigenvalue weighted by atomic mass is 10.1. The quantitative estimate of drug-likeness (QED) is 0.542. The number of amides is 1. The lowest BCUT2D eigenvalue weighted by molar-refractivity contribution is -0.115. The second-order valence-corrected chi connectivity index (χ2v) is 6.94. The van der Waals surface area contributed by atoms with E-state index < -0.39 is 11.9 Å². The zero-order chi connectivity index (χ0) is 21.5. The summed E-state index contributed by atoms with van der Waals surface area (Å²) in [4.78, 5) is 41.1. The molecule has 0 aliphatic carbocycles. The van der Waals surface area contributed by atoms with Crippen LogP contribution in [0.3, 0.4) is 0 Å². The first-order chi connectivity index (χ1) is 14.5. The van der Waals surface area contributed by atoms with Crippen LogP contribution in [0.15, 0.2) is 46.4 Å². The van der Waals surface area contributed by atoms with E-state index in [2.05, 4.69) is 10.3 Å². The predicted octanol–water partition coefficient (Wildman–Crippen LogP) is 3.94. The van der Waals surface area contributed by atoms with Crippen molar-refractivity contribution in [1.29, 1.82) is 0 Å². The van der Waals surface area contributed by atoms with Crippen LogP contribution in [0, 0.1) is 0 Å². The Hall–Kier alpha value is -3.46.